The van der Waals surface area contributed by atoms with Crippen molar-refractivity contribution in [1.82, 2.24) is 9.80 Å². The lowest BCUT2D eigenvalue weighted by atomic mass is 10.1. The molecule has 0 spiro atoms. The van der Waals surface area contributed by atoms with E-state index in [4.69, 9.17) is 5.73 Å². The van der Waals surface area contributed by atoms with Crippen LogP contribution < -0.4 is 11.1 Å². The van der Waals surface area contributed by atoms with Gasteiger partial charge in [-0.05, 0) is 19.1 Å². The number of piperazine rings is 1. The summed E-state index contributed by atoms with van der Waals surface area (Å²) in [4.78, 5) is 27.6. The maximum absolute atomic E-state index is 13.0. The summed E-state index contributed by atoms with van der Waals surface area (Å²) in [5.41, 5.74) is 4.49. The van der Waals surface area contributed by atoms with E-state index in [1.165, 1.54) is 18.2 Å². The lowest BCUT2D eigenvalue weighted by Gasteiger charge is -2.34. The van der Waals surface area contributed by atoms with Crippen molar-refractivity contribution in [3.63, 3.8) is 0 Å². The van der Waals surface area contributed by atoms with Crippen molar-refractivity contribution >= 4 is 42.3 Å². The Morgan fingerprint density at radius 2 is 1.71 bits per heavy atom. The molecular formula is C17H25Cl2F3N4O2. The Labute approximate surface area is 174 Å². The topological polar surface area (TPSA) is 78.7 Å². The van der Waals surface area contributed by atoms with Gasteiger partial charge in [0, 0.05) is 38.6 Å². The fourth-order valence-corrected chi connectivity index (χ4v) is 2.79. The largest absolute Gasteiger partial charge is 0.418 e. The van der Waals surface area contributed by atoms with Gasteiger partial charge in [0.1, 0.15) is 0 Å². The van der Waals surface area contributed by atoms with Crippen molar-refractivity contribution < 1.29 is 22.8 Å². The smallest absolute Gasteiger partial charge is 0.340 e. The van der Waals surface area contributed by atoms with E-state index in [0.717, 1.165) is 6.07 Å². The molecule has 3 N–H and O–H groups in total. The number of nitrogens with two attached hydrogens (primary N) is 1. The summed E-state index contributed by atoms with van der Waals surface area (Å²) in [5.74, 6) is -0.541. The van der Waals surface area contributed by atoms with E-state index >= 15 is 0 Å². The Balaban J connectivity index is 0.00000364. The molecule has 1 fully saturated rings. The molecule has 0 radical (unpaired) electrons. The highest BCUT2D eigenvalue weighted by Crippen LogP contribution is 2.34. The number of hydrogen-bond donors (Lipinski definition) is 2. The number of anilines is 1. The van der Waals surface area contributed by atoms with Crippen LogP contribution in [0.1, 0.15) is 18.9 Å². The molecule has 11 heteroatoms. The molecule has 1 heterocycles. The molecule has 1 aliphatic rings. The third-order valence-electron chi connectivity index (χ3n) is 4.10. The van der Waals surface area contributed by atoms with Crippen molar-refractivity contribution in [3.8, 4) is 0 Å². The van der Waals surface area contributed by atoms with Crippen LogP contribution in [0, 0.1) is 0 Å². The van der Waals surface area contributed by atoms with E-state index in [1.807, 2.05) is 0 Å². The Morgan fingerprint density at radius 1 is 1.14 bits per heavy atom. The van der Waals surface area contributed by atoms with Gasteiger partial charge in [0.2, 0.25) is 11.8 Å². The van der Waals surface area contributed by atoms with E-state index in [-0.39, 0.29) is 55.4 Å². The van der Waals surface area contributed by atoms with E-state index in [2.05, 4.69) is 5.32 Å². The van der Waals surface area contributed by atoms with Crippen molar-refractivity contribution in [2.24, 2.45) is 5.73 Å². The van der Waals surface area contributed by atoms with E-state index in [9.17, 15) is 22.8 Å². The number of benzene rings is 1. The van der Waals surface area contributed by atoms with Gasteiger partial charge in [0.05, 0.1) is 17.8 Å². The SMILES string of the molecule is CC(N)CC(=O)N1CCN(CC(=O)Nc2ccccc2C(F)(F)F)CC1.Cl.Cl. The highest BCUT2D eigenvalue weighted by atomic mass is 35.5. The van der Waals surface area contributed by atoms with Gasteiger partial charge in [0.25, 0.3) is 0 Å². The van der Waals surface area contributed by atoms with Crippen LogP contribution in [0.15, 0.2) is 24.3 Å². The van der Waals surface area contributed by atoms with Gasteiger partial charge in [0.15, 0.2) is 0 Å². The van der Waals surface area contributed by atoms with E-state index < -0.39 is 17.6 Å². The third-order valence-corrected chi connectivity index (χ3v) is 4.10. The zero-order valence-electron chi connectivity index (χ0n) is 15.4. The zero-order chi connectivity index (χ0) is 19.3. The molecule has 160 valence electrons. The number of hydrogen-bond acceptors (Lipinski definition) is 4. The first kappa shape index (κ1) is 26.4. The molecule has 0 aliphatic carbocycles. The molecule has 1 unspecified atom stereocenters. The maximum Gasteiger partial charge on any atom is 0.418 e. The normalized spacial score (nSPS) is 15.8. The van der Waals surface area contributed by atoms with Crippen LogP contribution in [0.4, 0.5) is 18.9 Å². The molecule has 1 aromatic rings. The number of carbonyl (C=O) groups excluding carboxylic acids is 2. The monoisotopic (exact) mass is 444 g/mol. The summed E-state index contributed by atoms with van der Waals surface area (Å²) >= 11 is 0. The Kier molecular flexibility index (Phi) is 10.8. The molecule has 1 aromatic carbocycles. The number of rotatable bonds is 5. The van der Waals surface area contributed by atoms with Gasteiger partial charge < -0.3 is 16.0 Å². The number of nitrogens with one attached hydrogen (secondary N) is 1. The third kappa shape index (κ3) is 7.83. The molecule has 1 aliphatic heterocycles. The van der Waals surface area contributed by atoms with Gasteiger partial charge >= 0.3 is 6.18 Å². The fraction of sp³-hybridized carbons (Fsp3) is 0.529. The first-order valence-corrected chi connectivity index (χ1v) is 8.38. The number of halogens is 5. The number of carbonyl (C=O) groups is 2. The minimum Gasteiger partial charge on any atom is -0.340 e. The lowest BCUT2D eigenvalue weighted by Crippen LogP contribution is -2.51. The van der Waals surface area contributed by atoms with Gasteiger partial charge in [-0.25, -0.2) is 0 Å². The van der Waals surface area contributed by atoms with Crippen molar-refractivity contribution in [2.45, 2.75) is 25.6 Å². The van der Waals surface area contributed by atoms with E-state index in [0.29, 0.717) is 26.2 Å². The molecule has 2 amide bonds. The predicted octanol–water partition coefficient (Wildman–Crippen LogP) is 2.37. The molecule has 2 rings (SSSR count). The Hall–Kier alpha value is -1.55. The molecule has 28 heavy (non-hydrogen) atoms. The fourth-order valence-electron chi connectivity index (χ4n) is 2.79. The predicted molar refractivity (Wildman–Crippen MR) is 106 cm³/mol. The molecule has 0 bridgehead atoms. The Morgan fingerprint density at radius 3 is 2.25 bits per heavy atom. The standard InChI is InChI=1S/C17H23F3N4O2.2ClH/c1-12(21)10-16(26)24-8-6-23(7-9-24)11-15(25)22-14-5-3-2-4-13(14)17(18,19)20;;/h2-5,12H,6-11,21H2,1H3,(H,22,25);2*1H. The summed E-state index contributed by atoms with van der Waals surface area (Å²) in [7, 11) is 0. The first-order chi connectivity index (χ1) is 12.2. The minimum absolute atomic E-state index is 0. The first-order valence-electron chi connectivity index (χ1n) is 8.38. The van der Waals surface area contributed by atoms with Crippen LogP contribution in [-0.4, -0.2) is 60.4 Å². The number of para-hydroxylation sites is 1. The number of amides is 2. The Bertz CT molecular complexity index is 652. The molecule has 0 saturated carbocycles. The second-order valence-corrected chi connectivity index (χ2v) is 6.43. The highest BCUT2D eigenvalue weighted by molar-refractivity contribution is 5.93. The van der Waals surface area contributed by atoms with Crippen molar-refractivity contribution in [3.05, 3.63) is 29.8 Å². The second-order valence-electron chi connectivity index (χ2n) is 6.43. The molecule has 1 atom stereocenters. The van der Waals surface area contributed by atoms with Crippen molar-refractivity contribution in [2.75, 3.05) is 38.0 Å². The summed E-state index contributed by atoms with van der Waals surface area (Å²) in [6.45, 7) is 3.65. The molecule has 0 aromatic heterocycles. The van der Waals surface area contributed by atoms with Crippen LogP contribution >= 0.6 is 24.8 Å². The highest BCUT2D eigenvalue weighted by Gasteiger charge is 2.33. The van der Waals surface area contributed by atoms with Gasteiger partial charge in [-0.15, -0.1) is 24.8 Å². The van der Waals surface area contributed by atoms with Gasteiger partial charge in [-0.1, -0.05) is 12.1 Å². The van der Waals surface area contributed by atoms with Crippen LogP contribution in [0.3, 0.4) is 0 Å². The van der Waals surface area contributed by atoms with E-state index in [1.54, 1.807) is 16.7 Å². The molecule has 6 nitrogen and oxygen atoms in total. The number of nitrogens with zero attached hydrogens (tertiary/aromatic N) is 2. The summed E-state index contributed by atoms with van der Waals surface area (Å²) < 4.78 is 38.9. The second kappa shape index (κ2) is 11.5. The zero-order valence-corrected chi connectivity index (χ0v) is 17.0. The molecular weight excluding hydrogens is 420 g/mol. The average Bonchev–Trinajstić information content (AvgIpc) is 2.54. The summed E-state index contributed by atoms with van der Waals surface area (Å²) in [5, 5.41) is 2.33. The molecule has 1 saturated heterocycles. The summed E-state index contributed by atoms with van der Waals surface area (Å²) in [6, 6.07) is 4.66. The van der Waals surface area contributed by atoms with Gasteiger partial charge in [-0.2, -0.15) is 13.2 Å². The number of alkyl halides is 3. The van der Waals surface area contributed by atoms with Crippen LogP contribution in [0.2, 0.25) is 0 Å². The summed E-state index contributed by atoms with van der Waals surface area (Å²) in [6.07, 6.45) is -4.26. The van der Waals surface area contributed by atoms with Crippen molar-refractivity contribution in [1.29, 1.82) is 0 Å². The van der Waals surface area contributed by atoms with Crippen LogP contribution in [0.5, 0.6) is 0 Å². The lowest BCUT2D eigenvalue weighted by molar-refractivity contribution is -0.137. The van der Waals surface area contributed by atoms with Gasteiger partial charge in [-0.3, -0.25) is 14.5 Å². The maximum atomic E-state index is 13.0. The quantitative estimate of drug-likeness (QED) is 0.730. The van der Waals surface area contributed by atoms with Crippen LogP contribution in [0.25, 0.3) is 0 Å². The minimum atomic E-state index is -4.53. The van der Waals surface area contributed by atoms with Crippen LogP contribution in [-0.2, 0) is 15.8 Å². The average molecular weight is 445 g/mol.